The van der Waals surface area contributed by atoms with Gasteiger partial charge >= 0.3 is 0 Å². The maximum Gasteiger partial charge on any atom is 0.0601 e. The summed E-state index contributed by atoms with van der Waals surface area (Å²) in [5, 5.41) is 7.80. The lowest BCUT2D eigenvalue weighted by atomic mass is 10.2. The third-order valence-corrected chi connectivity index (χ3v) is 3.51. The van der Waals surface area contributed by atoms with Gasteiger partial charge in [-0.05, 0) is 42.9 Å². The van der Waals surface area contributed by atoms with E-state index in [4.69, 9.17) is 0 Å². The Morgan fingerprint density at radius 2 is 2.08 bits per heavy atom. The minimum atomic E-state index is 0.953. The zero-order valence-corrected chi connectivity index (χ0v) is 8.03. The van der Waals surface area contributed by atoms with Gasteiger partial charge in [0.2, 0.25) is 0 Å². The fourth-order valence-electron chi connectivity index (χ4n) is 2.60. The molecular weight excluding hydrogens is 148 g/mol. The lowest BCUT2D eigenvalue weighted by molar-refractivity contribution is 0.594. The highest BCUT2D eigenvalue weighted by molar-refractivity contribution is 5.02. The summed E-state index contributed by atoms with van der Waals surface area (Å²) in [5.74, 6) is 4.15. The molecule has 2 heteroatoms. The van der Waals surface area contributed by atoms with Gasteiger partial charge in [0, 0.05) is 7.05 Å². The van der Waals surface area contributed by atoms with Crippen LogP contribution in [-0.4, -0.2) is 13.6 Å². The monoisotopic (exact) mass is 166 g/mol. The van der Waals surface area contributed by atoms with Crippen molar-refractivity contribution in [1.82, 2.24) is 0 Å². The number of nitrogens with zero attached hydrogens (tertiary/aromatic N) is 2. The molecule has 2 aliphatic rings. The first kappa shape index (κ1) is 8.21. The SMILES string of the molecule is CN=NCCC1C(C)C1C1CC1. The summed E-state index contributed by atoms with van der Waals surface area (Å²) in [6.45, 7) is 3.35. The van der Waals surface area contributed by atoms with E-state index in [-0.39, 0.29) is 0 Å². The van der Waals surface area contributed by atoms with Crippen molar-refractivity contribution >= 4 is 0 Å². The molecule has 0 amide bonds. The third kappa shape index (κ3) is 1.52. The van der Waals surface area contributed by atoms with Gasteiger partial charge in [0.05, 0.1) is 6.54 Å². The van der Waals surface area contributed by atoms with Crippen LogP contribution in [0.4, 0.5) is 0 Å². The van der Waals surface area contributed by atoms with Crippen LogP contribution in [0.25, 0.3) is 0 Å². The summed E-state index contributed by atoms with van der Waals surface area (Å²) >= 11 is 0. The zero-order valence-electron chi connectivity index (χ0n) is 8.03. The van der Waals surface area contributed by atoms with Crippen LogP contribution in [-0.2, 0) is 0 Å². The molecule has 2 nitrogen and oxygen atoms in total. The molecule has 2 aliphatic carbocycles. The van der Waals surface area contributed by atoms with Gasteiger partial charge < -0.3 is 0 Å². The predicted molar refractivity (Wildman–Crippen MR) is 49.1 cm³/mol. The lowest BCUT2D eigenvalue weighted by Crippen LogP contribution is -1.87. The second-order valence-electron chi connectivity index (χ2n) is 4.29. The second-order valence-corrected chi connectivity index (χ2v) is 4.29. The average Bonchev–Trinajstić information content (AvgIpc) is 2.89. The Hall–Kier alpha value is -0.400. The Labute approximate surface area is 74.5 Å². The van der Waals surface area contributed by atoms with Crippen molar-refractivity contribution in [3.05, 3.63) is 0 Å². The molecule has 2 fully saturated rings. The number of rotatable bonds is 4. The van der Waals surface area contributed by atoms with Crippen LogP contribution in [0.1, 0.15) is 26.2 Å². The van der Waals surface area contributed by atoms with E-state index in [9.17, 15) is 0 Å². The quantitative estimate of drug-likeness (QED) is 0.574. The molecule has 3 atom stereocenters. The van der Waals surface area contributed by atoms with Crippen molar-refractivity contribution in [3.8, 4) is 0 Å². The van der Waals surface area contributed by atoms with E-state index in [1.807, 2.05) is 0 Å². The second kappa shape index (κ2) is 3.15. The van der Waals surface area contributed by atoms with Gasteiger partial charge in [-0.3, -0.25) is 0 Å². The molecule has 3 unspecified atom stereocenters. The molecule has 12 heavy (non-hydrogen) atoms. The van der Waals surface area contributed by atoms with E-state index in [1.54, 1.807) is 7.05 Å². The Morgan fingerprint density at radius 3 is 2.67 bits per heavy atom. The van der Waals surface area contributed by atoms with Gasteiger partial charge in [0.25, 0.3) is 0 Å². The van der Waals surface area contributed by atoms with E-state index in [0.717, 1.165) is 30.2 Å². The zero-order chi connectivity index (χ0) is 8.55. The van der Waals surface area contributed by atoms with Gasteiger partial charge in [-0.2, -0.15) is 10.2 Å². The fourth-order valence-corrected chi connectivity index (χ4v) is 2.60. The molecule has 0 aromatic carbocycles. The van der Waals surface area contributed by atoms with Gasteiger partial charge in [-0.25, -0.2) is 0 Å². The molecule has 0 aliphatic heterocycles. The van der Waals surface area contributed by atoms with Crippen molar-refractivity contribution in [2.45, 2.75) is 26.2 Å². The smallest absolute Gasteiger partial charge is 0.0601 e. The van der Waals surface area contributed by atoms with Crippen LogP contribution in [0.3, 0.4) is 0 Å². The van der Waals surface area contributed by atoms with Crippen molar-refractivity contribution in [2.75, 3.05) is 13.6 Å². The lowest BCUT2D eigenvalue weighted by Gasteiger charge is -1.92. The normalized spacial score (nSPS) is 40.7. The number of hydrogen-bond acceptors (Lipinski definition) is 2. The minimum absolute atomic E-state index is 0.953. The molecular formula is C10H18N2. The average molecular weight is 166 g/mol. The summed E-state index contributed by atoms with van der Waals surface area (Å²) in [6, 6.07) is 0. The Morgan fingerprint density at radius 1 is 1.33 bits per heavy atom. The first-order valence-electron chi connectivity index (χ1n) is 5.10. The van der Waals surface area contributed by atoms with Crippen LogP contribution in [0.5, 0.6) is 0 Å². The molecule has 0 saturated heterocycles. The van der Waals surface area contributed by atoms with Gasteiger partial charge in [-0.1, -0.05) is 6.92 Å². The maximum atomic E-state index is 4.03. The van der Waals surface area contributed by atoms with Crippen LogP contribution >= 0.6 is 0 Å². The topological polar surface area (TPSA) is 24.7 Å². The summed E-state index contributed by atoms with van der Waals surface area (Å²) in [6.07, 6.45) is 4.28. The summed E-state index contributed by atoms with van der Waals surface area (Å²) in [5.41, 5.74) is 0. The van der Waals surface area contributed by atoms with Crippen molar-refractivity contribution in [3.63, 3.8) is 0 Å². The van der Waals surface area contributed by atoms with Crippen molar-refractivity contribution in [2.24, 2.45) is 33.9 Å². The fraction of sp³-hybridized carbons (Fsp3) is 1.00. The first-order valence-corrected chi connectivity index (χ1v) is 5.10. The Kier molecular flexibility index (Phi) is 2.16. The molecule has 0 N–H and O–H groups in total. The van der Waals surface area contributed by atoms with Crippen LogP contribution in [0.2, 0.25) is 0 Å². The van der Waals surface area contributed by atoms with Crippen molar-refractivity contribution in [1.29, 1.82) is 0 Å². The molecule has 2 saturated carbocycles. The van der Waals surface area contributed by atoms with E-state index in [1.165, 1.54) is 19.3 Å². The van der Waals surface area contributed by atoms with Crippen LogP contribution < -0.4 is 0 Å². The molecule has 0 heterocycles. The molecule has 0 aromatic rings. The first-order chi connectivity index (χ1) is 5.84. The third-order valence-electron chi connectivity index (χ3n) is 3.51. The number of azo groups is 1. The van der Waals surface area contributed by atoms with Crippen molar-refractivity contribution < 1.29 is 0 Å². The molecule has 0 aromatic heterocycles. The standard InChI is InChI=1S/C10H18N2/c1-7-9(5-6-12-11-2)10(7)8-3-4-8/h7-10H,3-6H2,1-2H3. The van der Waals surface area contributed by atoms with Crippen LogP contribution in [0, 0.1) is 23.7 Å². The van der Waals surface area contributed by atoms with Gasteiger partial charge in [0.1, 0.15) is 0 Å². The maximum absolute atomic E-state index is 4.03. The predicted octanol–water partition coefficient (Wildman–Crippen LogP) is 2.75. The molecule has 68 valence electrons. The summed E-state index contributed by atoms with van der Waals surface area (Å²) in [4.78, 5) is 0. The molecule has 0 radical (unpaired) electrons. The highest BCUT2D eigenvalue weighted by Crippen LogP contribution is 2.59. The van der Waals surface area contributed by atoms with E-state index >= 15 is 0 Å². The van der Waals surface area contributed by atoms with E-state index in [0.29, 0.717) is 0 Å². The van der Waals surface area contributed by atoms with E-state index < -0.39 is 0 Å². The number of hydrogen-bond donors (Lipinski definition) is 0. The largest absolute Gasteiger partial charge is 0.198 e. The minimum Gasteiger partial charge on any atom is -0.198 e. The highest BCUT2D eigenvalue weighted by Gasteiger charge is 2.53. The molecule has 2 rings (SSSR count). The molecule has 0 spiro atoms. The Bertz CT molecular complexity index is 184. The van der Waals surface area contributed by atoms with Crippen LogP contribution in [0.15, 0.2) is 10.2 Å². The van der Waals surface area contributed by atoms with E-state index in [2.05, 4.69) is 17.2 Å². The van der Waals surface area contributed by atoms with Gasteiger partial charge in [-0.15, -0.1) is 0 Å². The summed E-state index contributed by atoms with van der Waals surface area (Å²) < 4.78 is 0. The summed E-state index contributed by atoms with van der Waals surface area (Å²) in [7, 11) is 1.76. The highest BCUT2D eigenvalue weighted by atomic mass is 15.1. The van der Waals surface area contributed by atoms with Gasteiger partial charge in [0.15, 0.2) is 0 Å². The Balaban J connectivity index is 1.69. The molecule has 0 bridgehead atoms.